The van der Waals surface area contributed by atoms with E-state index in [4.69, 9.17) is 4.42 Å². The average molecular weight is 437 g/mol. The summed E-state index contributed by atoms with van der Waals surface area (Å²) in [6, 6.07) is 11.6. The van der Waals surface area contributed by atoms with Gasteiger partial charge in [0.15, 0.2) is 0 Å². The molecule has 6 heteroatoms. The van der Waals surface area contributed by atoms with Crippen LogP contribution in [0.15, 0.2) is 47.1 Å². The minimum absolute atomic E-state index is 0.0259. The molecular weight excluding hydrogens is 408 g/mol. The standard InChI is InChI=1S/C25H28N2O3S/c28-22-15-31-24(27(22)14-21-2-1-7-30-21)20-5-3-19(4-6-20)23(29)26-25-11-16-8-17(12-25)10-18(9-16)13-25/h1-7,16-18,24H,8-15H2,(H,26,29)/t16?,17?,18?,24-,25?/m0/s1. The van der Waals surface area contributed by atoms with Gasteiger partial charge in [0.2, 0.25) is 5.91 Å². The molecule has 0 unspecified atom stereocenters. The zero-order valence-electron chi connectivity index (χ0n) is 17.6. The monoisotopic (exact) mass is 436 g/mol. The fourth-order valence-electron chi connectivity index (χ4n) is 6.85. The van der Waals surface area contributed by atoms with Gasteiger partial charge in [-0.25, -0.2) is 0 Å². The first-order chi connectivity index (χ1) is 15.1. The van der Waals surface area contributed by atoms with Crippen molar-refractivity contribution in [3.05, 3.63) is 59.5 Å². The second-order valence-electron chi connectivity index (χ2n) is 10.0. The Hall–Kier alpha value is -2.21. The van der Waals surface area contributed by atoms with E-state index in [1.165, 1.54) is 19.3 Å². The van der Waals surface area contributed by atoms with E-state index in [0.29, 0.717) is 17.9 Å². The molecule has 1 saturated heterocycles. The van der Waals surface area contributed by atoms with Crippen LogP contribution in [-0.2, 0) is 11.3 Å². The third-order valence-electron chi connectivity index (χ3n) is 7.75. The number of amides is 2. The van der Waals surface area contributed by atoms with Crippen molar-refractivity contribution in [1.29, 1.82) is 0 Å². The minimum atomic E-state index is -0.0436. The van der Waals surface area contributed by atoms with Gasteiger partial charge in [-0.3, -0.25) is 9.59 Å². The van der Waals surface area contributed by atoms with Gasteiger partial charge in [0, 0.05) is 11.1 Å². The number of carbonyl (C=O) groups is 2. The van der Waals surface area contributed by atoms with Crippen LogP contribution in [0, 0.1) is 17.8 Å². The maximum absolute atomic E-state index is 13.1. The number of thioether (sulfide) groups is 1. The van der Waals surface area contributed by atoms with Gasteiger partial charge in [-0.15, -0.1) is 11.8 Å². The minimum Gasteiger partial charge on any atom is -0.467 e. The van der Waals surface area contributed by atoms with E-state index in [9.17, 15) is 9.59 Å². The number of hydrogen-bond acceptors (Lipinski definition) is 4. The molecule has 1 aliphatic heterocycles. The van der Waals surface area contributed by atoms with Crippen LogP contribution in [0.5, 0.6) is 0 Å². The first-order valence-corrected chi connectivity index (χ1v) is 12.5. The van der Waals surface area contributed by atoms with Crippen LogP contribution >= 0.6 is 11.8 Å². The van der Waals surface area contributed by atoms with Gasteiger partial charge in [-0.05, 0) is 86.1 Å². The van der Waals surface area contributed by atoms with Crippen molar-refractivity contribution in [3.8, 4) is 0 Å². The van der Waals surface area contributed by atoms with Crippen LogP contribution < -0.4 is 5.32 Å². The van der Waals surface area contributed by atoms with Crippen LogP contribution in [0.4, 0.5) is 0 Å². The van der Waals surface area contributed by atoms with E-state index < -0.39 is 0 Å². The van der Waals surface area contributed by atoms with Crippen molar-refractivity contribution in [2.45, 2.75) is 56.0 Å². The summed E-state index contributed by atoms with van der Waals surface area (Å²) < 4.78 is 5.44. The highest BCUT2D eigenvalue weighted by atomic mass is 32.2. The molecule has 2 heterocycles. The first-order valence-electron chi connectivity index (χ1n) is 11.4. The van der Waals surface area contributed by atoms with Crippen LogP contribution in [0.3, 0.4) is 0 Å². The normalized spacial score (nSPS) is 33.8. The topological polar surface area (TPSA) is 62.6 Å². The lowest BCUT2D eigenvalue weighted by atomic mass is 9.53. The zero-order valence-corrected chi connectivity index (χ0v) is 18.4. The number of hydrogen-bond donors (Lipinski definition) is 1. The molecule has 1 aromatic carbocycles. The maximum atomic E-state index is 13.1. The summed E-state index contributed by atoms with van der Waals surface area (Å²) in [5, 5.41) is 3.41. The molecule has 162 valence electrons. The highest BCUT2D eigenvalue weighted by Gasteiger charge is 2.51. The SMILES string of the molecule is O=C(NC12CC3CC(CC(C3)C1)C2)c1ccc([C@@H]2SCC(=O)N2Cc2ccco2)cc1. The number of nitrogens with one attached hydrogen (secondary N) is 1. The molecular formula is C25H28N2O3S. The molecule has 4 saturated carbocycles. The molecule has 2 amide bonds. The van der Waals surface area contributed by atoms with Gasteiger partial charge in [0.05, 0.1) is 18.6 Å². The summed E-state index contributed by atoms with van der Waals surface area (Å²) >= 11 is 1.63. The molecule has 1 aromatic heterocycles. The summed E-state index contributed by atoms with van der Waals surface area (Å²) in [4.78, 5) is 27.4. The Morgan fingerprint density at radius 2 is 1.74 bits per heavy atom. The van der Waals surface area contributed by atoms with Crippen molar-refractivity contribution in [3.63, 3.8) is 0 Å². The number of benzene rings is 1. The molecule has 7 rings (SSSR count). The molecule has 5 aliphatic rings. The lowest BCUT2D eigenvalue weighted by Crippen LogP contribution is -2.59. The molecule has 5 fully saturated rings. The van der Waals surface area contributed by atoms with E-state index in [1.54, 1.807) is 18.0 Å². The Balaban J connectivity index is 1.16. The van der Waals surface area contributed by atoms with Crippen molar-refractivity contribution < 1.29 is 14.0 Å². The summed E-state index contributed by atoms with van der Waals surface area (Å²) in [7, 11) is 0. The predicted molar refractivity (Wildman–Crippen MR) is 119 cm³/mol. The summed E-state index contributed by atoms with van der Waals surface area (Å²) in [5.74, 6) is 3.86. The van der Waals surface area contributed by atoms with Crippen LogP contribution in [0.2, 0.25) is 0 Å². The van der Waals surface area contributed by atoms with Crippen LogP contribution in [0.1, 0.15) is 65.6 Å². The Morgan fingerprint density at radius 1 is 1.06 bits per heavy atom. The highest BCUT2D eigenvalue weighted by Crippen LogP contribution is 2.55. The molecule has 5 nitrogen and oxygen atoms in total. The van der Waals surface area contributed by atoms with Crippen molar-refractivity contribution in [2.24, 2.45) is 17.8 Å². The lowest BCUT2D eigenvalue weighted by Gasteiger charge is -2.56. The summed E-state index contributed by atoms with van der Waals surface area (Å²) in [6.07, 6.45) is 9.22. The molecule has 31 heavy (non-hydrogen) atoms. The molecule has 2 aromatic rings. The third-order valence-corrected chi connectivity index (χ3v) is 9.01. The smallest absolute Gasteiger partial charge is 0.251 e. The largest absolute Gasteiger partial charge is 0.467 e. The van der Waals surface area contributed by atoms with Crippen LogP contribution in [0.25, 0.3) is 0 Å². The summed E-state index contributed by atoms with van der Waals surface area (Å²) in [6.45, 7) is 0.470. The fraction of sp³-hybridized carbons (Fsp3) is 0.520. The fourth-order valence-corrected chi connectivity index (χ4v) is 8.04. The number of furan rings is 1. The Labute approximate surface area is 186 Å². The first kappa shape index (κ1) is 19.5. The zero-order chi connectivity index (χ0) is 21.0. The molecule has 0 spiro atoms. The van der Waals surface area contributed by atoms with E-state index in [1.807, 2.05) is 41.3 Å². The number of rotatable bonds is 5. The maximum Gasteiger partial charge on any atom is 0.251 e. The van der Waals surface area contributed by atoms with Gasteiger partial charge < -0.3 is 14.6 Å². The van der Waals surface area contributed by atoms with Gasteiger partial charge in [-0.2, -0.15) is 0 Å². The van der Waals surface area contributed by atoms with Crippen molar-refractivity contribution >= 4 is 23.6 Å². The molecule has 1 atom stereocenters. The van der Waals surface area contributed by atoms with E-state index in [-0.39, 0.29) is 22.7 Å². The van der Waals surface area contributed by atoms with Gasteiger partial charge >= 0.3 is 0 Å². The quantitative estimate of drug-likeness (QED) is 0.735. The van der Waals surface area contributed by atoms with E-state index in [0.717, 1.165) is 48.3 Å². The number of nitrogens with zero attached hydrogens (tertiary/aromatic N) is 1. The van der Waals surface area contributed by atoms with Crippen molar-refractivity contribution in [2.75, 3.05) is 5.75 Å². The second kappa shape index (κ2) is 7.44. The lowest BCUT2D eigenvalue weighted by molar-refractivity contribution is -0.128. The Kier molecular flexibility index (Phi) is 4.67. The predicted octanol–water partition coefficient (Wildman–Crippen LogP) is 4.75. The molecule has 4 bridgehead atoms. The van der Waals surface area contributed by atoms with Crippen molar-refractivity contribution in [1.82, 2.24) is 10.2 Å². The third kappa shape index (κ3) is 3.59. The van der Waals surface area contributed by atoms with Crippen LogP contribution in [-0.4, -0.2) is 28.0 Å². The van der Waals surface area contributed by atoms with Gasteiger partial charge in [0.1, 0.15) is 11.1 Å². The second-order valence-corrected chi connectivity index (χ2v) is 11.1. The Morgan fingerprint density at radius 3 is 2.35 bits per heavy atom. The molecule has 4 aliphatic carbocycles. The average Bonchev–Trinajstić information content (AvgIpc) is 3.37. The number of carbonyl (C=O) groups excluding carboxylic acids is 2. The van der Waals surface area contributed by atoms with E-state index >= 15 is 0 Å². The Bertz CT molecular complexity index is 949. The highest BCUT2D eigenvalue weighted by molar-refractivity contribution is 8.00. The van der Waals surface area contributed by atoms with E-state index in [2.05, 4.69) is 5.32 Å². The molecule has 1 N–H and O–H groups in total. The van der Waals surface area contributed by atoms with Gasteiger partial charge in [0.25, 0.3) is 5.91 Å². The van der Waals surface area contributed by atoms with Gasteiger partial charge in [-0.1, -0.05) is 12.1 Å². The summed E-state index contributed by atoms with van der Waals surface area (Å²) in [5.41, 5.74) is 1.79. The molecule has 0 radical (unpaired) electrons.